The highest BCUT2D eigenvalue weighted by molar-refractivity contribution is 5.96. The highest BCUT2D eigenvalue weighted by Gasteiger charge is 2.11. The van der Waals surface area contributed by atoms with Gasteiger partial charge in [-0.25, -0.2) is 0 Å². The zero-order chi connectivity index (χ0) is 14.8. The van der Waals surface area contributed by atoms with Crippen molar-refractivity contribution >= 4 is 22.5 Å². The zero-order valence-electron chi connectivity index (χ0n) is 10.7. The third-order valence-electron chi connectivity index (χ3n) is 2.95. The van der Waals surface area contributed by atoms with E-state index in [-0.39, 0.29) is 17.1 Å². The summed E-state index contributed by atoms with van der Waals surface area (Å²) in [6.07, 6.45) is 2.40. The minimum absolute atomic E-state index is 0.154. The van der Waals surface area contributed by atoms with E-state index in [2.05, 4.69) is 15.2 Å². The third-order valence-corrected chi connectivity index (χ3v) is 2.95. The Kier molecular flexibility index (Phi) is 3.07. The molecule has 3 rings (SSSR count). The van der Waals surface area contributed by atoms with Crippen LogP contribution in [-0.4, -0.2) is 16.0 Å². The van der Waals surface area contributed by atoms with E-state index in [4.69, 9.17) is 0 Å². The molecule has 7 heteroatoms. The first kappa shape index (κ1) is 12.8. The number of para-hydroxylation sites is 1. The number of aromatic hydroxyl groups is 1. The van der Waals surface area contributed by atoms with Crippen molar-refractivity contribution in [1.82, 2.24) is 4.98 Å². The van der Waals surface area contributed by atoms with Gasteiger partial charge < -0.3 is 15.3 Å². The van der Waals surface area contributed by atoms with E-state index in [1.807, 2.05) is 6.07 Å². The smallest absolute Gasteiger partial charge is 0.295 e. The Morgan fingerprint density at radius 3 is 2.67 bits per heavy atom. The quantitative estimate of drug-likeness (QED) is 0.428. The SMILES string of the molecule is O=C(N=Nc1c(O)[nH]c2ccccc12)c1cc[n+]([O-])cc1. The summed E-state index contributed by atoms with van der Waals surface area (Å²) in [6.45, 7) is 0. The number of hydrogen-bond acceptors (Lipinski definition) is 4. The summed E-state index contributed by atoms with van der Waals surface area (Å²) in [6, 6.07) is 9.84. The molecule has 0 saturated carbocycles. The normalized spacial score (nSPS) is 11.2. The van der Waals surface area contributed by atoms with E-state index < -0.39 is 5.91 Å². The highest BCUT2D eigenvalue weighted by atomic mass is 16.5. The number of H-pyrrole nitrogens is 1. The van der Waals surface area contributed by atoms with Gasteiger partial charge in [0, 0.05) is 17.5 Å². The minimum atomic E-state index is -0.597. The van der Waals surface area contributed by atoms with Crippen LogP contribution in [0.4, 0.5) is 5.69 Å². The molecule has 2 heterocycles. The molecule has 0 bridgehead atoms. The van der Waals surface area contributed by atoms with Crippen LogP contribution in [0.15, 0.2) is 59.0 Å². The van der Waals surface area contributed by atoms with E-state index in [0.717, 1.165) is 0 Å². The molecule has 0 saturated heterocycles. The largest absolute Gasteiger partial charge is 0.619 e. The van der Waals surface area contributed by atoms with E-state index >= 15 is 0 Å². The molecule has 0 spiro atoms. The first-order valence-corrected chi connectivity index (χ1v) is 6.10. The topological polar surface area (TPSA) is 105 Å². The van der Waals surface area contributed by atoms with Crippen LogP contribution >= 0.6 is 0 Å². The fourth-order valence-electron chi connectivity index (χ4n) is 1.92. The van der Waals surface area contributed by atoms with E-state index in [1.165, 1.54) is 24.5 Å². The summed E-state index contributed by atoms with van der Waals surface area (Å²) in [7, 11) is 0. The monoisotopic (exact) mass is 282 g/mol. The van der Waals surface area contributed by atoms with Gasteiger partial charge in [-0.2, -0.15) is 4.73 Å². The number of aromatic nitrogens is 2. The average molecular weight is 282 g/mol. The minimum Gasteiger partial charge on any atom is -0.619 e. The number of fused-ring (bicyclic) bond motifs is 1. The van der Waals surface area contributed by atoms with Crippen molar-refractivity contribution in [2.45, 2.75) is 0 Å². The van der Waals surface area contributed by atoms with Crippen molar-refractivity contribution in [3.63, 3.8) is 0 Å². The van der Waals surface area contributed by atoms with E-state index in [9.17, 15) is 15.1 Å². The van der Waals surface area contributed by atoms with Gasteiger partial charge in [-0.3, -0.25) is 4.79 Å². The van der Waals surface area contributed by atoms with Crippen LogP contribution in [-0.2, 0) is 0 Å². The standard InChI is InChI=1S/C14H10N4O3/c19-13(9-5-7-18(21)8-6-9)17-16-12-10-3-1-2-4-11(10)15-14(12)20/h1-8,15,20H. The highest BCUT2D eigenvalue weighted by Crippen LogP contribution is 2.35. The van der Waals surface area contributed by atoms with Crippen LogP contribution in [0.3, 0.4) is 0 Å². The molecule has 7 nitrogen and oxygen atoms in total. The lowest BCUT2D eigenvalue weighted by molar-refractivity contribution is -0.605. The van der Waals surface area contributed by atoms with Gasteiger partial charge in [0.2, 0.25) is 5.88 Å². The lowest BCUT2D eigenvalue weighted by atomic mass is 10.2. The molecule has 0 aliphatic heterocycles. The number of nitrogens with zero attached hydrogens (tertiary/aromatic N) is 3. The summed E-state index contributed by atoms with van der Waals surface area (Å²) in [5.41, 5.74) is 1.14. The molecule has 1 amide bonds. The van der Waals surface area contributed by atoms with Crippen LogP contribution in [0.25, 0.3) is 10.9 Å². The van der Waals surface area contributed by atoms with Gasteiger partial charge in [0.05, 0.1) is 11.1 Å². The maximum Gasteiger partial charge on any atom is 0.295 e. The lowest BCUT2D eigenvalue weighted by Gasteiger charge is -1.95. The van der Waals surface area contributed by atoms with E-state index in [1.54, 1.807) is 18.2 Å². The van der Waals surface area contributed by atoms with Crippen LogP contribution in [0, 0.1) is 5.21 Å². The number of azo groups is 1. The molecule has 21 heavy (non-hydrogen) atoms. The predicted octanol–water partition coefficient (Wildman–Crippen LogP) is 2.43. The van der Waals surface area contributed by atoms with Crippen LogP contribution < -0.4 is 4.73 Å². The molecular formula is C14H10N4O3. The Labute approximate surface area is 118 Å². The summed E-state index contributed by atoms with van der Waals surface area (Å²) in [5, 5.41) is 28.7. The van der Waals surface area contributed by atoms with E-state index in [0.29, 0.717) is 15.6 Å². The van der Waals surface area contributed by atoms with Crippen LogP contribution in [0.1, 0.15) is 10.4 Å². The van der Waals surface area contributed by atoms with Gasteiger partial charge in [-0.15, -0.1) is 10.2 Å². The fourth-order valence-corrected chi connectivity index (χ4v) is 1.92. The van der Waals surface area contributed by atoms with Crippen molar-refractivity contribution in [3.05, 3.63) is 59.6 Å². The number of nitrogens with one attached hydrogen (secondary N) is 1. The first-order chi connectivity index (χ1) is 10.1. The Morgan fingerprint density at radius 2 is 1.90 bits per heavy atom. The number of pyridine rings is 1. The van der Waals surface area contributed by atoms with Gasteiger partial charge >= 0.3 is 0 Å². The number of rotatable bonds is 2. The summed E-state index contributed by atoms with van der Waals surface area (Å²) >= 11 is 0. The second-order valence-corrected chi connectivity index (χ2v) is 4.32. The fraction of sp³-hybridized carbons (Fsp3) is 0. The van der Waals surface area contributed by atoms with Gasteiger partial charge in [0.15, 0.2) is 18.1 Å². The number of hydrogen-bond donors (Lipinski definition) is 2. The van der Waals surface area contributed by atoms with Crippen LogP contribution in [0.5, 0.6) is 5.88 Å². The van der Waals surface area contributed by atoms with Gasteiger partial charge in [-0.05, 0) is 6.07 Å². The third kappa shape index (κ3) is 2.44. The van der Waals surface area contributed by atoms with Gasteiger partial charge in [-0.1, -0.05) is 18.2 Å². The van der Waals surface area contributed by atoms with Crippen molar-refractivity contribution < 1.29 is 14.6 Å². The molecule has 0 aliphatic rings. The lowest BCUT2D eigenvalue weighted by Crippen LogP contribution is -2.24. The van der Waals surface area contributed by atoms with Crippen molar-refractivity contribution in [2.24, 2.45) is 10.2 Å². The molecule has 0 atom stereocenters. The summed E-state index contributed by atoms with van der Waals surface area (Å²) in [4.78, 5) is 14.6. The zero-order valence-corrected chi connectivity index (χ0v) is 10.7. The number of aromatic amines is 1. The maximum atomic E-state index is 11.8. The van der Waals surface area contributed by atoms with Gasteiger partial charge in [0.25, 0.3) is 5.91 Å². The number of benzene rings is 1. The van der Waals surface area contributed by atoms with Gasteiger partial charge in [0.1, 0.15) is 0 Å². The van der Waals surface area contributed by atoms with Crippen molar-refractivity contribution in [3.8, 4) is 5.88 Å². The Hall–Kier alpha value is -3.22. The predicted molar refractivity (Wildman–Crippen MR) is 74.2 cm³/mol. The second kappa shape index (κ2) is 5.04. The molecular weight excluding hydrogens is 272 g/mol. The number of amides is 1. The Balaban J connectivity index is 1.92. The second-order valence-electron chi connectivity index (χ2n) is 4.32. The van der Waals surface area contributed by atoms with Crippen molar-refractivity contribution in [1.29, 1.82) is 0 Å². The Morgan fingerprint density at radius 1 is 1.19 bits per heavy atom. The Bertz CT molecular complexity index is 837. The molecule has 2 aromatic heterocycles. The first-order valence-electron chi connectivity index (χ1n) is 6.10. The summed E-state index contributed by atoms with van der Waals surface area (Å²) < 4.78 is 0.569. The number of carbonyl (C=O) groups is 1. The molecule has 104 valence electrons. The summed E-state index contributed by atoms with van der Waals surface area (Å²) in [5.74, 6) is -0.751. The average Bonchev–Trinajstić information content (AvgIpc) is 2.81. The molecule has 0 aliphatic carbocycles. The molecule has 0 fully saturated rings. The molecule has 0 radical (unpaired) electrons. The molecule has 1 aromatic carbocycles. The van der Waals surface area contributed by atoms with Crippen molar-refractivity contribution in [2.75, 3.05) is 0 Å². The molecule has 2 N–H and O–H groups in total. The van der Waals surface area contributed by atoms with Crippen LogP contribution in [0.2, 0.25) is 0 Å². The maximum absolute atomic E-state index is 11.8. The molecule has 0 unspecified atom stereocenters. The number of carbonyl (C=O) groups excluding carboxylic acids is 1. The molecule has 3 aromatic rings.